The predicted octanol–water partition coefficient (Wildman–Crippen LogP) is 2.62. The summed E-state index contributed by atoms with van der Waals surface area (Å²) in [7, 11) is 0. The average Bonchev–Trinajstić information content (AvgIpc) is 2.88. The first kappa shape index (κ1) is 18.7. The normalized spacial score (nSPS) is 10.5. The summed E-state index contributed by atoms with van der Waals surface area (Å²) in [6.45, 7) is 7.15. The Hall–Kier alpha value is -2.63. The molecule has 0 radical (unpaired) electrons. The first-order chi connectivity index (χ1) is 12.0. The van der Waals surface area contributed by atoms with Gasteiger partial charge in [-0.25, -0.2) is 0 Å². The third-order valence-corrected chi connectivity index (χ3v) is 4.01. The lowest BCUT2D eigenvalue weighted by Gasteiger charge is -2.09. The number of ether oxygens (including phenoxy) is 1. The molecule has 1 N–H and O–H groups in total. The molecule has 0 aromatic carbocycles. The van der Waals surface area contributed by atoms with E-state index in [0.29, 0.717) is 38.1 Å². The second-order valence-electron chi connectivity index (χ2n) is 5.86. The minimum absolute atomic E-state index is 0.121. The number of esters is 1. The number of amides is 1. The highest BCUT2D eigenvalue weighted by molar-refractivity contribution is 5.95. The van der Waals surface area contributed by atoms with E-state index >= 15 is 0 Å². The highest BCUT2D eigenvalue weighted by Gasteiger charge is 2.16. The molecule has 1 amide bonds. The second-order valence-corrected chi connectivity index (χ2v) is 5.86. The van der Waals surface area contributed by atoms with Gasteiger partial charge in [0.05, 0.1) is 24.4 Å². The number of nitrogens with one attached hydrogen (secondary N) is 1. The van der Waals surface area contributed by atoms with Gasteiger partial charge < -0.3 is 14.6 Å². The van der Waals surface area contributed by atoms with Crippen molar-refractivity contribution in [2.75, 3.05) is 13.2 Å². The van der Waals surface area contributed by atoms with Gasteiger partial charge in [0.1, 0.15) is 0 Å². The van der Waals surface area contributed by atoms with Crippen LogP contribution >= 0.6 is 0 Å². The van der Waals surface area contributed by atoms with Gasteiger partial charge in [-0.05, 0) is 45.4 Å². The van der Waals surface area contributed by atoms with Crippen LogP contribution in [0.5, 0.6) is 0 Å². The molecule has 0 aliphatic heterocycles. The Balaban J connectivity index is 1.94. The summed E-state index contributed by atoms with van der Waals surface area (Å²) in [5.41, 5.74) is 3.53. The summed E-state index contributed by atoms with van der Waals surface area (Å²) in [5.74, 6) is -0.352. The number of pyridine rings is 1. The van der Waals surface area contributed by atoms with Gasteiger partial charge in [-0.3, -0.25) is 14.6 Å². The van der Waals surface area contributed by atoms with Crippen molar-refractivity contribution >= 4 is 11.9 Å². The number of carbonyl (C=O) groups excluding carboxylic acids is 2. The van der Waals surface area contributed by atoms with E-state index in [1.165, 1.54) is 0 Å². The molecule has 6 heteroatoms. The Bertz CT molecular complexity index is 723. The SMILES string of the molecule is CCOC(=O)CCCNC(=O)c1cc(C)n(Cc2ccccn2)c1C. The van der Waals surface area contributed by atoms with E-state index in [0.717, 1.165) is 17.1 Å². The van der Waals surface area contributed by atoms with Crippen molar-refractivity contribution in [3.63, 3.8) is 0 Å². The van der Waals surface area contributed by atoms with E-state index in [2.05, 4.69) is 14.9 Å². The van der Waals surface area contributed by atoms with Crippen LogP contribution in [0.1, 0.15) is 47.2 Å². The van der Waals surface area contributed by atoms with Gasteiger partial charge >= 0.3 is 5.97 Å². The fourth-order valence-electron chi connectivity index (χ4n) is 2.69. The first-order valence-corrected chi connectivity index (χ1v) is 8.53. The summed E-state index contributed by atoms with van der Waals surface area (Å²) < 4.78 is 6.95. The van der Waals surface area contributed by atoms with Crippen molar-refractivity contribution in [3.05, 3.63) is 53.1 Å². The fourth-order valence-corrected chi connectivity index (χ4v) is 2.69. The van der Waals surface area contributed by atoms with Crippen LogP contribution in [0.4, 0.5) is 0 Å². The lowest BCUT2D eigenvalue weighted by atomic mass is 10.2. The van der Waals surface area contributed by atoms with Gasteiger partial charge in [-0.1, -0.05) is 6.07 Å². The molecule has 0 unspecified atom stereocenters. The quantitative estimate of drug-likeness (QED) is 0.591. The summed E-state index contributed by atoms with van der Waals surface area (Å²) in [6, 6.07) is 7.69. The molecule has 6 nitrogen and oxygen atoms in total. The van der Waals surface area contributed by atoms with Crippen LogP contribution in [0.25, 0.3) is 0 Å². The number of carbonyl (C=O) groups is 2. The van der Waals surface area contributed by atoms with Crippen molar-refractivity contribution in [1.82, 2.24) is 14.9 Å². The average molecular weight is 343 g/mol. The number of aromatic nitrogens is 2. The van der Waals surface area contributed by atoms with E-state index in [4.69, 9.17) is 4.74 Å². The molecule has 0 atom stereocenters. The van der Waals surface area contributed by atoms with Crippen LogP contribution in [0, 0.1) is 13.8 Å². The number of aryl methyl sites for hydroxylation is 1. The van der Waals surface area contributed by atoms with E-state index in [1.807, 2.05) is 38.1 Å². The number of nitrogens with zero attached hydrogens (tertiary/aromatic N) is 2. The molecule has 2 heterocycles. The Labute approximate surface area is 148 Å². The van der Waals surface area contributed by atoms with Gasteiger partial charge in [-0.2, -0.15) is 0 Å². The second kappa shape index (κ2) is 9.01. The molecular formula is C19H25N3O3. The lowest BCUT2D eigenvalue weighted by molar-refractivity contribution is -0.143. The van der Waals surface area contributed by atoms with Gasteiger partial charge in [0.25, 0.3) is 5.91 Å². The van der Waals surface area contributed by atoms with Gasteiger partial charge in [-0.15, -0.1) is 0 Å². The zero-order chi connectivity index (χ0) is 18.2. The monoisotopic (exact) mass is 343 g/mol. The van der Waals surface area contributed by atoms with Crippen molar-refractivity contribution in [3.8, 4) is 0 Å². The predicted molar refractivity (Wildman–Crippen MR) is 95.4 cm³/mol. The van der Waals surface area contributed by atoms with E-state index in [9.17, 15) is 9.59 Å². The molecule has 0 fully saturated rings. The van der Waals surface area contributed by atoms with Crippen molar-refractivity contribution in [2.45, 2.75) is 40.2 Å². The molecule has 0 bridgehead atoms. The molecule has 0 saturated carbocycles. The van der Waals surface area contributed by atoms with Crippen molar-refractivity contribution in [2.24, 2.45) is 0 Å². The van der Waals surface area contributed by atoms with Crippen LogP contribution in [0.15, 0.2) is 30.5 Å². The number of rotatable bonds is 8. The van der Waals surface area contributed by atoms with Crippen LogP contribution in [0.3, 0.4) is 0 Å². The molecule has 134 valence electrons. The molecule has 0 aliphatic carbocycles. The lowest BCUT2D eigenvalue weighted by Crippen LogP contribution is -2.25. The Morgan fingerprint density at radius 2 is 2.08 bits per heavy atom. The molecule has 2 aromatic rings. The highest BCUT2D eigenvalue weighted by Crippen LogP contribution is 2.16. The topological polar surface area (TPSA) is 73.2 Å². The smallest absolute Gasteiger partial charge is 0.305 e. The summed E-state index contributed by atoms with van der Waals surface area (Å²) in [6.07, 6.45) is 2.64. The zero-order valence-electron chi connectivity index (χ0n) is 15.0. The third kappa shape index (κ3) is 5.17. The van der Waals surface area contributed by atoms with Gasteiger partial charge in [0, 0.05) is 30.6 Å². The molecule has 2 aromatic heterocycles. The van der Waals surface area contributed by atoms with E-state index < -0.39 is 0 Å². The van der Waals surface area contributed by atoms with Crippen LogP contribution in [-0.2, 0) is 16.1 Å². The summed E-state index contributed by atoms with van der Waals surface area (Å²) >= 11 is 0. The number of hydrogen-bond acceptors (Lipinski definition) is 4. The Morgan fingerprint density at radius 3 is 2.76 bits per heavy atom. The molecule has 0 saturated heterocycles. The van der Waals surface area contributed by atoms with Crippen LogP contribution in [-0.4, -0.2) is 34.6 Å². The molecule has 25 heavy (non-hydrogen) atoms. The maximum absolute atomic E-state index is 12.4. The number of hydrogen-bond donors (Lipinski definition) is 1. The molecular weight excluding hydrogens is 318 g/mol. The fraction of sp³-hybridized carbons (Fsp3) is 0.421. The van der Waals surface area contributed by atoms with Gasteiger partial charge in [0.2, 0.25) is 0 Å². The maximum atomic E-state index is 12.4. The highest BCUT2D eigenvalue weighted by atomic mass is 16.5. The molecule has 2 rings (SSSR count). The maximum Gasteiger partial charge on any atom is 0.305 e. The molecule has 0 spiro atoms. The van der Waals surface area contributed by atoms with Crippen LogP contribution < -0.4 is 5.32 Å². The first-order valence-electron chi connectivity index (χ1n) is 8.53. The Kier molecular flexibility index (Phi) is 6.74. The summed E-state index contributed by atoms with van der Waals surface area (Å²) in [5, 5.41) is 2.87. The zero-order valence-corrected chi connectivity index (χ0v) is 15.0. The van der Waals surface area contributed by atoms with Crippen LogP contribution in [0.2, 0.25) is 0 Å². The Morgan fingerprint density at radius 1 is 1.28 bits per heavy atom. The third-order valence-electron chi connectivity index (χ3n) is 4.01. The van der Waals surface area contributed by atoms with E-state index in [-0.39, 0.29) is 11.9 Å². The minimum Gasteiger partial charge on any atom is -0.466 e. The largest absolute Gasteiger partial charge is 0.466 e. The minimum atomic E-state index is -0.231. The van der Waals surface area contributed by atoms with Crippen molar-refractivity contribution < 1.29 is 14.3 Å². The molecule has 0 aliphatic rings. The van der Waals surface area contributed by atoms with E-state index in [1.54, 1.807) is 13.1 Å². The standard InChI is InChI=1S/C19H25N3O3/c1-4-25-18(23)9-7-11-21-19(24)17-12-14(2)22(15(17)3)13-16-8-5-6-10-20-16/h5-6,8,10,12H,4,7,9,11,13H2,1-3H3,(H,21,24). The van der Waals surface area contributed by atoms with Crippen molar-refractivity contribution in [1.29, 1.82) is 0 Å². The summed E-state index contributed by atoms with van der Waals surface area (Å²) in [4.78, 5) is 28.0. The van der Waals surface area contributed by atoms with Gasteiger partial charge in [0.15, 0.2) is 0 Å².